The molecule has 2 aromatic carbocycles. The molecule has 2 aliphatic heterocycles. The number of carbonyl (C=O) groups is 2. The lowest BCUT2D eigenvalue weighted by Crippen LogP contribution is -2.67. The topological polar surface area (TPSA) is 76.2 Å². The molecule has 5 rings (SSSR count). The highest BCUT2D eigenvalue weighted by Crippen LogP contribution is 2.51. The molecule has 3 heterocycles. The van der Waals surface area contributed by atoms with Crippen molar-refractivity contribution in [2.24, 2.45) is 0 Å². The number of carboxylic acids is 1. The van der Waals surface area contributed by atoms with Crippen LogP contribution < -0.4 is 9.70 Å². The summed E-state index contributed by atoms with van der Waals surface area (Å²) in [5, 5.41) is 15.6. The van der Waals surface area contributed by atoms with Crippen molar-refractivity contribution in [3.63, 3.8) is 0 Å². The highest BCUT2D eigenvalue weighted by Gasteiger charge is 2.58. The molecule has 0 spiro atoms. The van der Waals surface area contributed by atoms with Gasteiger partial charge in [-0.2, -0.15) is 0 Å². The summed E-state index contributed by atoms with van der Waals surface area (Å²) in [7, 11) is 0. The van der Waals surface area contributed by atoms with Gasteiger partial charge in [-0.3, -0.25) is 0 Å². The van der Waals surface area contributed by atoms with Crippen molar-refractivity contribution < 1.29 is 14.7 Å². The van der Waals surface area contributed by atoms with Crippen LogP contribution in [-0.4, -0.2) is 34.5 Å². The molecule has 1 amide bonds. The van der Waals surface area contributed by atoms with E-state index in [1.54, 1.807) is 6.20 Å². The van der Waals surface area contributed by atoms with Crippen LogP contribution in [0.1, 0.15) is 61.9 Å². The van der Waals surface area contributed by atoms with Gasteiger partial charge in [0.15, 0.2) is 11.4 Å². The number of aromatic amines is 1. The number of aliphatic carboxylic acids is 1. The number of allylic oxidation sites excluding steroid dienone is 1. The van der Waals surface area contributed by atoms with E-state index in [-0.39, 0.29) is 22.1 Å². The van der Waals surface area contributed by atoms with Crippen LogP contribution in [0.2, 0.25) is 0 Å². The predicted octanol–water partition coefficient (Wildman–Crippen LogP) is 4.38. The predicted molar refractivity (Wildman–Crippen MR) is 128 cm³/mol. The number of rotatable bonds is 5. The second-order valence-electron chi connectivity index (χ2n) is 9.07. The third-order valence-electron chi connectivity index (χ3n) is 7.16. The maximum atomic E-state index is 14.8. The highest BCUT2D eigenvalue weighted by molar-refractivity contribution is 6.24. The number of carbonyl (C=O) groups excluding carboxylic acids is 2. The molecular formula is C27H29N3O3. The summed E-state index contributed by atoms with van der Waals surface area (Å²) in [5.74, 6) is -1.34. The monoisotopic (exact) mass is 443 g/mol. The fourth-order valence-corrected chi connectivity index (χ4v) is 5.77. The Morgan fingerprint density at radius 3 is 2.64 bits per heavy atom. The Balaban J connectivity index is 1.86. The van der Waals surface area contributed by atoms with Crippen molar-refractivity contribution in [1.82, 2.24) is 14.6 Å². The summed E-state index contributed by atoms with van der Waals surface area (Å²) < 4.78 is -0.184. The number of aromatic nitrogens is 1. The zero-order valence-corrected chi connectivity index (χ0v) is 19.1. The number of nitrogens with zero attached hydrogens (tertiary/aromatic N) is 2. The van der Waals surface area contributed by atoms with Crippen LogP contribution in [0, 0.1) is 0 Å². The minimum absolute atomic E-state index is 0.117. The summed E-state index contributed by atoms with van der Waals surface area (Å²) in [4.78, 5) is 30.5. The van der Waals surface area contributed by atoms with Crippen LogP contribution in [0.4, 0.5) is 5.69 Å². The van der Waals surface area contributed by atoms with Crippen LogP contribution in [0.15, 0.2) is 60.4 Å². The first-order valence-electron chi connectivity index (χ1n) is 11.8. The van der Waals surface area contributed by atoms with E-state index in [0.29, 0.717) is 28.9 Å². The Hall–Kier alpha value is -3.22. The van der Waals surface area contributed by atoms with Gasteiger partial charge in [-0.1, -0.05) is 43.7 Å². The van der Waals surface area contributed by atoms with Gasteiger partial charge in [0, 0.05) is 36.1 Å². The van der Waals surface area contributed by atoms with Crippen LogP contribution in [0.3, 0.4) is 0 Å². The Labute approximate surface area is 193 Å². The first-order valence-corrected chi connectivity index (χ1v) is 11.8. The Bertz CT molecular complexity index is 1270. The molecule has 0 saturated carbocycles. The minimum Gasteiger partial charge on any atom is -0.545 e. The zero-order valence-electron chi connectivity index (χ0n) is 19.1. The number of fused-ring (bicyclic) bond motifs is 2. The van der Waals surface area contributed by atoms with Crippen LogP contribution in [-0.2, 0) is 4.79 Å². The largest absolute Gasteiger partial charge is 0.545 e. The quantitative estimate of drug-likeness (QED) is 0.594. The van der Waals surface area contributed by atoms with Crippen molar-refractivity contribution in [1.29, 1.82) is 0 Å². The molecule has 6 nitrogen and oxygen atoms in total. The maximum absolute atomic E-state index is 14.8. The molecule has 0 bridgehead atoms. The molecule has 1 aromatic heterocycles. The molecule has 3 aromatic rings. The van der Waals surface area contributed by atoms with Crippen molar-refractivity contribution in [2.45, 2.75) is 52.0 Å². The van der Waals surface area contributed by atoms with E-state index in [1.165, 1.54) is 0 Å². The Kier molecular flexibility index (Phi) is 5.43. The fourth-order valence-electron chi connectivity index (χ4n) is 5.77. The molecule has 33 heavy (non-hydrogen) atoms. The van der Waals surface area contributed by atoms with E-state index < -0.39 is 5.97 Å². The van der Waals surface area contributed by atoms with Crippen molar-refractivity contribution in [3.05, 3.63) is 71.6 Å². The highest BCUT2D eigenvalue weighted by atomic mass is 16.4. The number of amides is 1. The molecular weight excluding hydrogens is 414 g/mol. The maximum Gasteiger partial charge on any atom is 0.377 e. The molecule has 1 N–H and O–H groups in total. The van der Waals surface area contributed by atoms with Crippen molar-refractivity contribution in [2.75, 3.05) is 6.54 Å². The van der Waals surface area contributed by atoms with Crippen LogP contribution in [0.5, 0.6) is 0 Å². The van der Waals surface area contributed by atoms with Gasteiger partial charge in [-0.15, -0.1) is 9.60 Å². The lowest BCUT2D eigenvalue weighted by molar-refractivity contribution is -0.295. The van der Waals surface area contributed by atoms with Gasteiger partial charge >= 0.3 is 5.91 Å². The normalized spacial score (nSPS) is 23.2. The average Bonchev–Trinajstić information content (AvgIpc) is 3.37. The molecule has 1 saturated heterocycles. The number of benzene rings is 2. The number of piperidine rings is 1. The summed E-state index contributed by atoms with van der Waals surface area (Å²) >= 11 is 0. The van der Waals surface area contributed by atoms with Gasteiger partial charge in [0.1, 0.15) is 5.56 Å². The van der Waals surface area contributed by atoms with E-state index in [0.717, 1.165) is 43.1 Å². The first-order chi connectivity index (χ1) is 16.0. The fraction of sp³-hybridized carbons (Fsp3) is 0.333. The van der Waals surface area contributed by atoms with Crippen LogP contribution in [0.25, 0.3) is 16.5 Å². The zero-order chi connectivity index (χ0) is 23.2. The Morgan fingerprint density at radius 2 is 1.88 bits per heavy atom. The SMILES string of the molecule is CCCC1=C(C(=O)[O-])c2ccccc2[N+]1(C(=O)c1c[nH]c2ccccc12)N1CCCCC1C. The van der Waals surface area contributed by atoms with Gasteiger partial charge in [0.2, 0.25) is 0 Å². The second-order valence-corrected chi connectivity index (χ2v) is 9.07. The van der Waals surface area contributed by atoms with Gasteiger partial charge in [0.25, 0.3) is 0 Å². The molecule has 6 heteroatoms. The third-order valence-corrected chi connectivity index (χ3v) is 7.16. The lowest BCUT2D eigenvalue weighted by Gasteiger charge is -2.46. The summed E-state index contributed by atoms with van der Waals surface area (Å²) in [6.45, 7) is 4.88. The number of hydrogen-bond acceptors (Lipinski definition) is 4. The summed E-state index contributed by atoms with van der Waals surface area (Å²) in [5.41, 5.74) is 3.54. The molecule has 0 radical (unpaired) electrons. The van der Waals surface area contributed by atoms with E-state index in [9.17, 15) is 14.7 Å². The average molecular weight is 444 g/mol. The number of hydrogen-bond donors (Lipinski definition) is 1. The number of carboxylic acid groups (broad SMARTS) is 1. The lowest BCUT2D eigenvalue weighted by atomic mass is 10.0. The second kappa shape index (κ2) is 8.28. The van der Waals surface area contributed by atoms with E-state index >= 15 is 0 Å². The molecule has 170 valence electrons. The van der Waals surface area contributed by atoms with Gasteiger partial charge in [-0.05, 0) is 38.3 Å². The van der Waals surface area contributed by atoms with Gasteiger partial charge in [-0.25, -0.2) is 4.79 Å². The minimum atomic E-state index is -1.22. The molecule has 2 unspecified atom stereocenters. The van der Waals surface area contributed by atoms with Crippen molar-refractivity contribution >= 4 is 34.0 Å². The number of nitrogens with one attached hydrogen (secondary N) is 1. The summed E-state index contributed by atoms with van der Waals surface area (Å²) in [6.07, 6.45) is 6.02. The van der Waals surface area contributed by atoms with E-state index in [4.69, 9.17) is 0 Å². The first kappa shape index (κ1) is 21.6. The number of para-hydroxylation sites is 2. The Morgan fingerprint density at radius 1 is 1.12 bits per heavy atom. The van der Waals surface area contributed by atoms with Crippen molar-refractivity contribution in [3.8, 4) is 0 Å². The van der Waals surface area contributed by atoms with Crippen LogP contribution >= 0.6 is 0 Å². The smallest absolute Gasteiger partial charge is 0.377 e. The van der Waals surface area contributed by atoms with Gasteiger partial charge in [0.05, 0.1) is 23.1 Å². The summed E-state index contributed by atoms with van der Waals surface area (Å²) in [6, 6.07) is 15.3. The molecule has 2 aliphatic rings. The van der Waals surface area contributed by atoms with E-state index in [1.807, 2.05) is 55.5 Å². The molecule has 2 atom stereocenters. The molecule has 1 fully saturated rings. The number of quaternary nitrogens is 1. The third kappa shape index (κ3) is 3.09. The molecule has 0 aliphatic carbocycles. The van der Waals surface area contributed by atoms with Gasteiger partial charge < -0.3 is 14.9 Å². The van der Waals surface area contributed by atoms with E-state index in [2.05, 4.69) is 16.9 Å². The standard InChI is InChI=1S/C27H29N3O3/c1-3-10-24-25(27(32)33)20-13-5-7-15-23(20)30(24,29-16-9-8-11-18(29)2)26(31)21-17-28-22-14-6-4-12-19(21)22/h4-7,12-15,17-18H,3,8-11,16H2,1-2H3,(H-,28,31,32,33). The number of H-pyrrole nitrogens is 1.